The number of guanidine groups is 1. The van der Waals surface area contributed by atoms with Crippen molar-refractivity contribution in [2.24, 2.45) is 4.99 Å². The Bertz CT molecular complexity index is 734. The fourth-order valence-electron chi connectivity index (χ4n) is 2.71. The molecule has 0 heterocycles. The Balaban J connectivity index is 1.90. The average molecular weight is 386 g/mol. The zero-order valence-corrected chi connectivity index (χ0v) is 17.0. The van der Waals surface area contributed by atoms with E-state index in [0.29, 0.717) is 19.8 Å². The number of hydrogen-bond donors (Lipinski definition) is 2. The highest BCUT2D eigenvalue weighted by Crippen LogP contribution is 2.17. The molecule has 6 heteroatoms. The lowest BCUT2D eigenvalue weighted by Crippen LogP contribution is -2.38. The minimum Gasteiger partial charge on any atom is -0.496 e. The molecule has 2 rings (SSSR count). The standard InChI is InChI=1S/C22H31N3O3/c1-4-23-22(24-13-12-19-9-5-6-11-21(19)27-3)25-17-18-8-7-10-20(16-18)28-15-14-26-2/h5-11,16H,4,12-15,17H2,1-3H3,(H2,23,24,25). The summed E-state index contributed by atoms with van der Waals surface area (Å²) in [5.74, 6) is 2.54. The van der Waals surface area contributed by atoms with Crippen molar-refractivity contribution >= 4 is 5.96 Å². The molecule has 152 valence electrons. The maximum atomic E-state index is 5.66. The van der Waals surface area contributed by atoms with Gasteiger partial charge in [0.05, 0.1) is 20.3 Å². The molecule has 0 amide bonds. The molecule has 2 N–H and O–H groups in total. The van der Waals surface area contributed by atoms with Crippen LogP contribution in [0.25, 0.3) is 0 Å². The SMILES string of the molecule is CCNC(=NCc1cccc(OCCOC)c1)NCCc1ccccc1OC. The van der Waals surface area contributed by atoms with Crippen molar-refractivity contribution in [1.82, 2.24) is 10.6 Å². The molecule has 0 saturated carbocycles. The smallest absolute Gasteiger partial charge is 0.191 e. The van der Waals surface area contributed by atoms with Gasteiger partial charge in [-0.05, 0) is 42.7 Å². The van der Waals surface area contributed by atoms with Crippen molar-refractivity contribution in [3.8, 4) is 11.5 Å². The highest BCUT2D eigenvalue weighted by molar-refractivity contribution is 5.79. The van der Waals surface area contributed by atoms with E-state index in [1.165, 1.54) is 5.56 Å². The number of hydrogen-bond acceptors (Lipinski definition) is 4. The first-order chi connectivity index (χ1) is 13.8. The quantitative estimate of drug-likeness (QED) is 0.354. The van der Waals surface area contributed by atoms with Gasteiger partial charge in [0, 0.05) is 20.2 Å². The van der Waals surface area contributed by atoms with Crippen LogP contribution < -0.4 is 20.1 Å². The number of rotatable bonds is 11. The number of ether oxygens (including phenoxy) is 3. The number of nitrogens with one attached hydrogen (secondary N) is 2. The Morgan fingerprint density at radius 1 is 1.00 bits per heavy atom. The summed E-state index contributed by atoms with van der Waals surface area (Å²) >= 11 is 0. The van der Waals surface area contributed by atoms with E-state index in [2.05, 4.69) is 28.6 Å². The molecule has 0 saturated heterocycles. The molecule has 0 aromatic heterocycles. The van der Waals surface area contributed by atoms with E-state index in [1.54, 1.807) is 14.2 Å². The largest absolute Gasteiger partial charge is 0.496 e. The molecular weight excluding hydrogens is 354 g/mol. The zero-order chi connectivity index (χ0) is 20.0. The van der Waals surface area contributed by atoms with Gasteiger partial charge in [0.2, 0.25) is 0 Å². The monoisotopic (exact) mass is 385 g/mol. The summed E-state index contributed by atoms with van der Waals surface area (Å²) in [6.45, 7) is 5.32. The molecule has 0 bridgehead atoms. The Morgan fingerprint density at radius 3 is 2.64 bits per heavy atom. The molecule has 0 unspecified atom stereocenters. The van der Waals surface area contributed by atoms with Crippen LogP contribution in [0.4, 0.5) is 0 Å². The molecule has 0 aliphatic carbocycles. The summed E-state index contributed by atoms with van der Waals surface area (Å²) in [5, 5.41) is 6.67. The lowest BCUT2D eigenvalue weighted by molar-refractivity contribution is 0.146. The van der Waals surface area contributed by atoms with E-state index in [9.17, 15) is 0 Å². The Labute approximate surface area is 167 Å². The van der Waals surface area contributed by atoms with Gasteiger partial charge in [-0.3, -0.25) is 0 Å². The van der Waals surface area contributed by atoms with Gasteiger partial charge in [-0.1, -0.05) is 30.3 Å². The summed E-state index contributed by atoms with van der Waals surface area (Å²) in [4.78, 5) is 4.68. The van der Waals surface area contributed by atoms with Crippen LogP contribution in [-0.4, -0.2) is 46.5 Å². The van der Waals surface area contributed by atoms with Gasteiger partial charge in [-0.25, -0.2) is 4.99 Å². The number of aliphatic imine (C=N–C) groups is 1. The van der Waals surface area contributed by atoms with Crippen molar-refractivity contribution < 1.29 is 14.2 Å². The molecule has 28 heavy (non-hydrogen) atoms. The fraction of sp³-hybridized carbons (Fsp3) is 0.409. The third-order valence-corrected chi connectivity index (χ3v) is 4.10. The maximum absolute atomic E-state index is 5.66. The summed E-state index contributed by atoms with van der Waals surface area (Å²) in [7, 11) is 3.36. The third-order valence-electron chi connectivity index (χ3n) is 4.10. The average Bonchev–Trinajstić information content (AvgIpc) is 2.73. The molecule has 0 spiro atoms. The number of methoxy groups -OCH3 is 2. The van der Waals surface area contributed by atoms with E-state index in [1.807, 2.05) is 42.5 Å². The number of para-hydroxylation sites is 1. The van der Waals surface area contributed by atoms with Crippen LogP contribution in [0.15, 0.2) is 53.5 Å². The van der Waals surface area contributed by atoms with Gasteiger partial charge >= 0.3 is 0 Å². The maximum Gasteiger partial charge on any atom is 0.191 e. The molecular formula is C22H31N3O3. The van der Waals surface area contributed by atoms with Crippen molar-refractivity contribution in [3.05, 3.63) is 59.7 Å². The van der Waals surface area contributed by atoms with E-state index in [0.717, 1.165) is 42.5 Å². The van der Waals surface area contributed by atoms with Gasteiger partial charge in [-0.2, -0.15) is 0 Å². The van der Waals surface area contributed by atoms with Crippen LogP contribution in [0.5, 0.6) is 11.5 Å². The third kappa shape index (κ3) is 7.48. The second-order valence-corrected chi connectivity index (χ2v) is 6.17. The first-order valence-electron chi connectivity index (χ1n) is 9.61. The summed E-state index contributed by atoms with van der Waals surface area (Å²) < 4.78 is 16.1. The van der Waals surface area contributed by atoms with Gasteiger partial charge in [0.15, 0.2) is 5.96 Å². The van der Waals surface area contributed by atoms with Gasteiger partial charge in [0.25, 0.3) is 0 Å². The molecule has 0 fully saturated rings. The fourth-order valence-corrected chi connectivity index (χ4v) is 2.71. The molecule has 0 aliphatic heterocycles. The predicted molar refractivity (Wildman–Crippen MR) is 113 cm³/mol. The normalized spacial score (nSPS) is 11.2. The summed E-state index contributed by atoms with van der Waals surface area (Å²) in [5.41, 5.74) is 2.27. The van der Waals surface area contributed by atoms with Crippen LogP contribution in [0.1, 0.15) is 18.1 Å². The molecule has 2 aromatic rings. The summed E-state index contributed by atoms with van der Waals surface area (Å²) in [6.07, 6.45) is 0.858. The molecule has 0 aliphatic rings. The topological polar surface area (TPSA) is 64.1 Å². The number of nitrogens with zero attached hydrogens (tertiary/aromatic N) is 1. The van der Waals surface area contributed by atoms with E-state index in [-0.39, 0.29) is 0 Å². The van der Waals surface area contributed by atoms with Crippen LogP contribution in [0.2, 0.25) is 0 Å². The van der Waals surface area contributed by atoms with Crippen LogP contribution in [0, 0.1) is 0 Å². The Morgan fingerprint density at radius 2 is 1.86 bits per heavy atom. The van der Waals surface area contributed by atoms with Gasteiger partial charge < -0.3 is 24.8 Å². The van der Waals surface area contributed by atoms with E-state index in [4.69, 9.17) is 14.2 Å². The number of benzene rings is 2. The molecule has 6 nitrogen and oxygen atoms in total. The Hall–Kier alpha value is -2.73. The molecule has 0 radical (unpaired) electrons. The van der Waals surface area contributed by atoms with Crippen molar-refractivity contribution in [2.75, 3.05) is 40.5 Å². The van der Waals surface area contributed by atoms with Crippen LogP contribution in [0.3, 0.4) is 0 Å². The lowest BCUT2D eigenvalue weighted by atomic mass is 10.1. The highest BCUT2D eigenvalue weighted by Gasteiger charge is 2.03. The van der Waals surface area contributed by atoms with Crippen molar-refractivity contribution in [3.63, 3.8) is 0 Å². The highest BCUT2D eigenvalue weighted by atomic mass is 16.5. The van der Waals surface area contributed by atoms with E-state index < -0.39 is 0 Å². The zero-order valence-electron chi connectivity index (χ0n) is 17.0. The lowest BCUT2D eigenvalue weighted by Gasteiger charge is -2.13. The van der Waals surface area contributed by atoms with Gasteiger partial charge in [-0.15, -0.1) is 0 Å². The van der Waals surface area contributed by atoms with Crippen LogP contribution in [-0.2, 0) is 17.7 Å². The van der Waals surface area contributed by atoms with Crippen LogP contribution >= 0.6 is 0 Å². The summed E-state index contributed by atoms with van der Waals surface area (Å²) in [6, 6.07) is 16.1. The van der Waals surface area contributed by atoms with E-state index >= 15 is 0 Å². The van der Waals surface area contributed by atoms with Crippen molar-refractivity contribution in [2.45, 2.75) is 19.9 Å². The first-order valence-corrected chi connectivity index (χ1v) is 9.61. The first kappa shape index (κ1) is 21.6. The van der Waals surface area contributed by atoms with Gasteiger partial charge in [0.1, 0.15) is 18.1 Å². The minimum absolute atomic E-state index is 0.538. The molecule has 0 atom stereocenters. The predicted octanol–water partition coefficient (Wildman–Crippen LogP) is 3.02. The molecule has 2 aromatic carbocycles. The van der Waals surface area contributed by atoms with Crippen molar-refractivity contribution in [1.29, 1.82) is 0 Å². The second kappa shape index (κ2) is 12.6. The minimum atomic E-state index is 0.538. The Kier molecular flexibility index (Phi) is 9.72. The second-order valence-electron chi connectivity index (χ2n) is 6.17.